The van der Waals surface area contributed by atoms with E-state index in [1.54, 1.807) is 13.0 Å². The van der Waals surface area contributed by atoms with E-state index < -0.39 is 23.7 Å². The third kappa shape index (κ3) is 6.20. The van der Waals surface area contributed by atoms with E-state index in [2.05, 4.69) is 0 Å². The first-order chi connectivity index (χ1) is 18.9. The average molecular weight is 533 g/mol. The highest BCUT2D eigenvalue weighted by Gasteiger charge is 2.30. The zero-order chi connectivity index (χ0) is 27.4. The minimum Gasteiger partial charge on any atom is -0.480 e. The largest absolute Gasteiger partial charge is 0.480 e. The van der Waals surface area contributed by atoms with Gasteiger partial charge in [0.15, 0.2) is 6.29 Å². The number of carbonyl (C=O) groups excluding carboxylic acids is 1. The van der Waals surface area contributed by atoms with Crippen LogP contribution in [0.3, 0.4) is 0 Å². The van der Waals surface area contributed by atoms with Crippen LogP contribution in [-0.2, 0) is 14.3 Å². The Morgan fingerprint density at radius 2 is 1.79 bits per heavy atom. The Morgan fingerprint density at radius 3 is 2.49 bits per heavy atom. The molecule has 5 rings (SSSR count). The molecule has 5 nitrogen and oxygen atoms in total. The molecule has 39 heavy (non-hydrogen) atoms. The minimum atomic E-state index is -0.662. The van der Waals surface area contributed by atoms with Gasteiger partial charge in [0.1, 0.15) is 29.2 Å². The van der Waals surface area contributed by atoms with Crippen molar-refractivity contribution in [1.82, 2.24) is 0 Å². The third-order valence-electron chi connectivity index (χ3n) is 6.78. The Bertz CT molecular complexity index is 1380. The highest BCUT2D eigenvalue weighted by molar-refractivity contribution is 5.95. The average Bonchev–Trinajstić information content (AvgIpc) is 2.92. The molecule has 0 radical (unpaired) electrons. The molecule has 2 aliphatic rings. The molecule has 3 aromatic rings. The number of benzene rings is 3. The molecule has 0 amide bonds. The van der Waals surface area contributed by atoms with Crippen molar-refractivity contribution in [2.75, 3.05) is 13.2 Å². The molecular weight excluding hydrogens is 502 g/mol. The normalized spacial score (nSPS) is 19.0. The molecule has 202 valence electrons. The summed E-state index contributed by atoms with van der Waals surface area (Å²) in [7, 11) is 0. The summed E-state index contributed by atoms with van der Waals surface area (Å²) in [4.78, 5) is 11.7. The van der Waals surface area contributed by atoms with Crippen LogP contribution in [-0.4, -0.2) is 25.5 Å². The van der Waals surface area contributed by atoms with Gasteiger partial charge in [-0.2, -0.15) is 0 Å². The van der Waals surface area contributed by atoms with Gasteiger partial charge in [-0.15, -0.1) is 0 Å². The summed E-state index contributed by atoms with van der Waals surface area (Å²) in [5.74, 6) is -0.500. The Labute approximate surface area is 226 Å². The van der Waals surface area contributed by atoms with Crippen molar-refractivity contribution in [2.24, 2.45) is 0 Å². The quantitative estimate of drug-likeness (QED) is 0.233. The number of esters is 1. The smallest absolute Gasteiger partial charge is 0.330 e. The molecule has 3 aromatic carbocycles. The monoisotopic (exact) mass is 532 g/mol. The second kappa shape index (κ2) is 11.8. The van der Waals surface area contributed by atoms with Crippen LogP contribution in [0.4, 0.5) is 8.78 Å². The van der Waals surface area contributed by atoms with E-state index in [0.29, 0.717) is 35.8 Å². The fraction of sp³-hybridized carbons (Fsp3) is 0.281. The number of fused-ring (bicyclic) bond motifs is 1. The van der Waals surface area contributed by atoms with Crippen molar-refractivity contribution in [2.45, 2.75) is 45.5 Å². The predicted octanol–water partition coefficient (Wildman–Crippen LogP) is 7.51. The molecular formula is C32H30F2O5. The van der Waals surface area contributed by atoms with Gasteiger partial charge in [-0.25, -0.2) is 13.6 Å². The standard InChI is InChI=1S/C32H30F2O5/c1-3-36-29(35)14-9-21-7-10-22(11-8-21)32-31(23-16-24(33)18-25(34)17-23)20(2)27-13-12-26(19-28(27)39-32)38-30-6-4-5-15-37-30/h7-14,16-19,30,32H,3-6,15H2,1-2H3/b14-9+. The number of hydrogen-bond acceptors (Lipinski definition) is 5. The van der Waals surface area contributed by atoms with E-state index in [1.807, 2.05) is 49.4 Å². The van der Waals surface area contributed by atoms with Gasteiger partial charge in [0.2, 0.25) is 0 Å². The molecule has 1 fully saturated rings. The molecule has 0 bridgehead atoms. The number of allylic oxidation sites excluding steroid dienone is 1. The van der Waals surface area contributed by atoms with Crippen molar-refractivity contribution < 1.29 is 32.5 Å². The summed E-state index contributed by atoms with van der Waals surface area (Å²) in [6, 6.07) is 16.5. The highest BCUT2D eigenvalue weighted by Crippen LogP contribution is 2.47. The first-order valence-electron chi connectivity index (χ1n) is 13.1. The maximum atomic E-state index is 14.3. The van der Waals surface area contributed by atoms with Crippen LogP contribution in [0.1, 0.15) is 61.5 Å². The van der Waals surface area contributed by atoms with Crippen LogP contribution < -0.4 is 9.47 Å². The lowest BCUT2D eigenvalue weighted by atomic mass is 9.86. The van der Waals surface area contributed by atoms with Gasteiger partial charge in [-0.1, -0.05) is 24.3 Å². The number of ether oxygens (including phenoxy) is 4. The molecule has 0 saturated carbocycles. The summed E-state index contributed by atoms with van der Waals surface area (Å²) in [6.45, 7) is 4.65. The van der Waals surface area contributed by atoms with Crippen LogP contribution in [0.25, 0.3) is 17.2 Å². The fourth-order valence-corrected chi connectivity index (χ4v) is 4.92. The highest BCUT2D eigenvalue weighted by atomic mass is 19.1. The molecule has 2 aliphatic heterocycles. The van der Waals surface area contributed by atoms with E-state index in [4.69, 9.17) is 18.9 Å². The SMILES string of the molecule is CCOC(=O)/C=C/c1ccc(C2Oc3cc(OC4CCCCO4)ccc3C(C)=C2c2cc(F)cc(F)c2)cc1. The van der Waals surface area contributed by atoms with Crippen LogP contribution in [0, 0.1) is 11.6 Å². The molecule has 2 atom stereocenters. The minimum absolute atomic E-state index is 0.297. The van der Waals surface area contributed by atoms with Gasteiger partial charge < -0.3 is 18.9 Å². The zero-order valence-corrected chi connectivity index (χ0v) is 21.9. The number of carbonyl (C=O) groups is 1. The van der Waals surface area contributed by atoms with Gasteiger partial charge in [0.05, 0.1) is 13.2 Å². The zero-order valence-electron chi connectivity index (χ0n) is 21.9. The van der Waals surface area contributed by atoms with E-state index in [9.17, 15) is 13.6 Å². The fourth-order valence-electron chi connectivity index (χ4n) is 4.92. The predicted molar refractivity (Wildman–Crippen MR) is 145 cm³/mol. The topological polar surface area (TPSA) is 54.0 Å². The van der Waals surface area contributed by atoms with Crippen LogP contribution in [0.5, 0.6) is 11.5 Å². The molecule has 2 unspecified atom stereocenters. The maximum absolute atomic E-state index is 14.3. The number of rotatable bonds is 7. The van der Waals surface area contributed by atoms with Crippen molar-refractivity contribution in [3.8, 4) is 11.5 Å². The second-order valence-corrected chi connectivity index (χ2v) is 9.52. The van der Waals surface area contributed by atoms with Crippen molar-refractivity contribution in [3.63, 3.8) is 0 Å². The van der Waals surface area contributed by atoms with Gasteiger partial charge in [0.25, 0.3) is 0 Å². The van der Waals surface area contributed by atoms with E-state index in [0.717, 1.165) is 47.6 Å². The maximum Gasteiger partial charge on any atom is 0.330 e. The van der Waals surface area contributed by atoms with Gasteiger partial charge in [-0.05, 0) is 79.3 Å². The lowest BCUT2D eigenvalue weighted by molar-refractivity contribution is -0.137. The Balaban J connectivity index is 1.51. The van der Waals surface area contributed by atoms with Gasteiger partial charge in [-0.3, -0.25) is 0 Å². The summed E-state index contributed by atoms with van der Waals surface area (Å²) in [6.07, 6.45) is 5.01. The van der Waals surface area contributed by atoms with Crippen LogP contribution in [0.15, 0.2) is 66.7 Å². The van der Waals surface area contributed by atoms with E-state index >= 15 is 0 Å². The first-order valence-corrected chi connectivity index (χ1v) is 13.1. The molecule has 7 heteroatoms. The molecule has 0 N–H and O–H groups in total. The lowest BCUT2D eigenvalue weighted by Crippen LogP contribution is -2.25. The van der Waals surface area contributed by atoms with Crippen LogP contribution >= 0.6 is 0 Å². The Hall–Kier alpha value is -3.97. The van der Waals surface area contributed by atoms with Crippen molar-refractivity contribution in [1.29, 1.82) is 0 Å². The van der Waals surface area contributed by atoms with Crippen molar-refractivity contribution >= 4 is 23.2 Å². The van der Waals surface area contributed by atoms with Crippen LogP contribution in [0.2, 0.25) is 0 Å². The van der Waals surface area contributed by atoms with Gasteiger partial charge >= 0.3 is 5.97 Å². The summed E-state index contributed by atoms with van der Waals surface area (Å²) < 4.78 is 51.8. The third-order valence-corrected chi connectivity index (χ3v) is 6.78. The molecule has 1 saturated heterocycles. The number of halogens is 2. The van der Waals surface area contributed by atoms with Gasteiger partial charge in [0, 0.05) is 35.8 Å². The number of hydrogen-bond donors (Lipinski definition) is 0. The Kier molecular flexibility index (Phi) is 8.07. The molecule has 0 spiro atoms. The molecule has 2 heterocycles. The summed E-state index contributed by atoms with van der Waals surface area (Å²) in [5, 5.41) is 0. The van der Waals surface area contributed by atoms with E-state index in [-0.39, 0.29) is 6.29 Å². The first kappa shape index (κ1) is 26.6. The summed E-state index contributed by atoms with van der Waals surface area (Å²) in [5.41, 5.74) is 4.32. The summed E-state index contributed by atoms with van der Waals surface area (Å²) >= 11 is 0. The molecule has 0 aliphatic carbocycles. The lowest BCUT2D eigenvalue weighted by Gasteiger charge is -2.32. The van der Waals surface area contributed by atoms with Crippen molar-refractivity contribution in [3.05, 3.63) is 101 Å². The molecule has 0 aromatic heterocycles. The Morgan fingerprint density at radius 1 is 1.03 bits per heavy atom. The van der Waals surface area contributed by atoms with E-state index in [1.165, 1.54) is 18.2 Å². The second-order valence-electron chi connectivity index (χ2n) is 9.52.